The fourth-order valence-electron chi connectivity index (χ4n) is 4.74. The molecule has 41 heavy (non-hydrogen) atoms. The molecular weight excluding hydrogens is 578 g/mol. The Balaban J connectivity index is 1.39. The van der Waals surface area contributed by atoms with Crippen molar-refractivity contribution in [2.24, 2.45) is 5.73 Å². The molecule has 14 heteroatoms. The Kier molecular flexibility index (Phi) is 7.74. The number of nitrogens with one attached hydrogen (secondary N) is 2. The smallest absolute Gasteiger partial charge is 0.270 e. The number of aromatic nitrogens is 2. The number of hydrogen-bond donors (Lipinski definition) is 3. The maximum absolute atomic E-state index is 15.4. The van der Waals surface area contributed by atoms with Crippen molar-refractivity contribution < 1.29 is 28.0 Å². The van der Waals surface area contributed by atoms with Crippen molar-refractivity contribution in [1.29, 1.82) is 0 Å². The first kappa shape index (κ1) is 28.2. The fourth-order valence-corrected chi connectivity index (χ4v) is 6.07. The predicted molar refractivity (Wildman–Crippen MR) is 150 cm³/mol. The largest absolute Gasteiger partial charge is 0.364 e. The summed E-state index contributed by atoms with van der Waals surface area (Å²) >= 11 is 7.20. The highest BCUT2D eigenvalue weighted by molar-refractivity contribution is 7.21. The summed E-state index contributed by atoms with van der Waals surface area (Å²) in [5.74, 6) is -3.42. The lowest BCUT2D eigenvalue weighted by atomic mass is 10.0. The number of carbonyl (C=O) groups is 4. The minimum Gasteiger partial charge on any atom is -0.364 e. The van der Waals surface area contributed by atoms with Crippen LogP contribution in [0, 0.1) is 5.82 Å². The summed E-state index contributed by atoms with van der Waals surface area (Å²) < 4.78 is 31.4. The number of anilines is 1. The molecule has 4 N–H and O–H groups in total. The fraction of sp³-hybridized carbons (Fsp3) is 0.222. The number of hydrogen-bond acceptors (Lipinski definition) is 6. The molecule has 0 bridgehead atoms. The van der Waals surface area contributed by atoms with Crippen LogP contribution in [0.3, 0.4) is 0 Å². The maximum Gasteiger partial charge on any atom is 0.270 e. The Morgan fingerprint density at radius 2 is 1.88 bits per heavy atom. The van der Waals surface area contributed by atoms with Crippen molar-refractivity contribution in [2.75, 3.05) is 18.9 Å². The Labute approximate surface area is 241 Å². The van der Waals surface area contributed by atoms with Gasteiger partial charge in [-0.25, -0.2) is 8.78 Å². The first-order valence-corrected chi connectivity index (χ1v) is 13.6. The highest BCUT2D eigenvalue weighted by atomic mass is 35.5. The van der Waals surface area contributed by atoms with Gasteiger partial charge in [0.1, 0.15) is 18.8 Å². The van der Waals surface area contributed by atoms with Crippen LogP contribution < -0.4 is 16.4 Å². The number of rotatable bonds is 7. The summed E-state index contributed by atoms with van der Waals surface area (Å²) in [6.45, 7) is -0.820. The molecule has 3 heterocycles. The molecule has 2 atom stereocenters. The van der Waals surface area contributed by atoms with Gasteiger partial charge in [-0.1, -0.05) is 41.9 Å². The van der Waals surface area contributed by atoms with E-state index in [0.717, 1.165) is 16.2 Å². The van der Waals surface area contributed by atoms with Gasteiger partial charge < -0.3 is 21.3 Å². The number of likely N-dealkylation sites (tertiary alicyclic amines) is 1. The van der Waals surface area contributed by atoms with E-state index in [4.69, 9.17) is 17.3 Å². The third-order valence-corrected chi connectivity index (χ3v) is 8.15. The molecule has 2 aromatic heterocycles. The molecule has 5 rings (SSSR count). The van der Waals surface area contributed by atoms with Crippen molar-refractivity contribution in [3.05, 3.63) is 69.9 Å². The van der Waals surface area contributed by atoms with Crippen molar-refractivity contribution in [2.45, 2.75) is 25.2 Å². The summed E-state index contributed by atoms with van der Waals surface area (Å²) in [6.07, 6.45) is -1.78. The molecule has 2 aromatic carbocycles. The van der Waals surface area contributed by atoms with E-state index in [0.29, 0.717) is 20.8 Å². The van der Waals surface area contributed by atoms with E-state index in [-0.39, 0.29) is 34.8 Å². The highest BCUT2D eigenvalue weighted by Gasteiger charge is 2.40. The molecule has 0 radical (unpaired) electrons. The van der Waals surface area contributed by atoms with Gasteiger partial charge in [-0.05, 0) is 18.2 Å². The second-order valence-electron chi connectivity index (χ2n) is 9.31. The highest BCUT2D eigenvalue weighted by Crippen LogP contribution is 2.33. The summed E-state index contributed by atoms with van der Waals surface area (Å²) in [6, 6.07) is 11.3. The van der Waals surface area contributed by atoms with E-state index in [9.17, 15) is 23.6 Å². The molecule has 0 aliphatic carbocycles. The van der Waals surface area contributed by atoms with Crippen LogP contribution in [0.1, 0.15) is 26.6 Å². The third kappa shape index (κ3) is 5.37. The van der Waals surface area contributed by atoms with Gasteiger partial charge in [-0.3, -0.25) is 23.9 Å². The zero-order chi connectivity index (χ0) is 29.4. The molecule has 212 valence electrons. The van der Waals surface area contributed by atoms with Crippen molar-refractivity contribution >= 4 is 62.5 Å². The Bertz CT molecular complexity index is 1710. The van der Waals surface area contributed by atoms with Crippen LogP contribution >= 0.6 is 22.9 Å². The zero-order valence-electron chi connectivity index (χ0n) is 21.5. The number of fused-ring (bicyclic) bond motifs is 1. The summed E-state index contributed by atoms with van der Waals surface area (Å²) in [5, 5.41) is 9.40. The number of primary amides is 1. The van der Waals surface area contributed by atoms with Gasteiger partial charge in [0.2, 0.25) is 11.8 Å². The van der Waals surface area contributed by atoms with Crippen molar-refractivity contribution in [1.82, 2.24) is 20.0 Å². The Morgan fingerprint density at radius 1 is 1.15 bits per heavy atom. The minimum absolute atomic E-state index is 0.124. The van der Waals surface area contributed by atoms with Gasteiger partial charge in [0.25, 0.3) is 11.8 Å². The number of carbonyl (C=O) groups excluding carboxylic acids is 4. The van der Waals surface area contributed by atoms with E-state index in [1.807, 2.05) is 0 Å². The molecule has 0 unspecified atom stereocenters. The van der Waals surface area contributed by atoms with Crippen LogP contribution in [0.5, 0.6) is 0 Å². The quantitative estimate of drug-likeness (QED) is 0.297. The van der Waals surface area contributed by atoms with Crippen LogP contribution in [0.25, 0.3) is 21.3 Å². The number of nitrogens with two attached hydrogens (primary N) is 1. The van der Waals surface area contributed by atoms with Gasteiger partial charge in [0, 0.05) is 29.6 Å². The van der Waals surface area contributed by atoms with E-state index in [1.54, 1.807) is 30.3 Å². The summed E-state index contributed by atoms with van der Waals surface area (Å²) in [7, 11) is 1.45. The third-order valence-electron chi connectivity index (χ3n) is 6.69. The first-order chi connectivity index (χ1) is 19.6. The molecule has 1 fully saturated rings. The van der Waals surface area contributed by atoms with Crippen molar-refractivity contribution in [3.63, 3.8) is 0 Å². The van der Waals surface area contributed by atoms with Crippen LogP contribution in [0.4, 0.5) is 14.5 Å². The molecule has 4 aromatic rings. The molecule has 0 saturated carbocycles. The molecule has 0 spiro atoms. The van der Waals surface area contributed by atoms with Gasteiger partial charge in [-0.15, -0.1) is 11.3 Å². The number of benzene rings is 2. The van der Waals surface area contributed by atoms with Crippen LogP contribution in [-0.4, -0.2) is 64.1 Å². The average Bonchev–Trinajstić information content (AvgIpc) is 3.64. The number of halogens is 3. The second-order valence-corrected chi connectivity index (χ2v) is 10.8. The monoisotopic (exact) mass is 600 g/mol. The first-order valence-electron chi connectivity index (χ1n) is 12.4. The molecule has 1 aliphatic rings. The number of thiophene rings is 1. The summed E-state index contributed by atoms with van der Waals surface area (Å²) in [5.41, 5.74) is 6.07. The second kappa shape index (κ2) is 11.3. The van der Waals surface area contributed by atoms with Gasteiger partial charge in [0.05, 0.1) is 27.3 Å². The van der Waals surface area contributed by atoms with Gasteiger partial charge in [-0.2, -0.15) is 5.10 Å². The topological polar surface area (TPSA) is 139 Å². The summed E-state index contributed by atoms with van der Waals surface area (Å²) in [4.78, 5) is 51.9. The Morgan fingerprint density at radius 3 is 2.59 bits per heavy atom. The van der Waals surface area contributed by atoms with E-state index in [2.05, 4.69) is 15.7 Å². The lowest BCUT2D eigenvalue weighted by Gasteiger charge is -2.24. The van der Waals surface area contributed by atoms with Crippen LogP contribution in [-0.2, 0) is 16.1 Å². The van der Waals surface area contributed by atoms with Gasteiger partial charge in [0.15, 0.2) is 11.5 Å². The molecule has 1 aliphatic heterocycles. The zero-order valence-corrected chi connectivity index (χ0v) is 23.1. The van der Waals surface area contributed by atoms with Crippen LogP contribution in [0.15, 0.2) is 48.5 Å². The lowest BCUT2D eigenvalue weighted by Crippen LogP contribution is -2.44. The average molecular weight is 601 g/mol. The van der Waals surface area contributed by atoms with E-state index in [1.165, 1.54) is 29.9 Å². The minimum atomic E-state index is -1.49. The molecule has 4 amide bonds. The van der Waals surface area contributed by atoms with Crippen LogP contribution in [0.2, 0.25) is 5.02 Å². The Hall–Kier alpha value is -4.36. The normalized spacial score (nSPS) is 16.6. The molecule has 10 nitrogen and oxygen atoms in total. The maximum atomic E-state index is 15.4. The molecular formula is C27H23ClF2N6O4S. The standard InChI is InChI=1S/C27H23ClF2N6O4S/c1-32-27(40)20-10-18-24(41-20)23(25(31)38)34-36(18)12-21(37)35-11-13(29)9-19(35)26(39)33-17-8-4-6-15(22(17)30)14-5-2-3-7-16(14)28/h2-8,10,13,19H,9,11-12H2,1H3,(H2,31,38)(H,32,40)(H,33,39)/t13-,19+/m1/s1. The van der Waals surface area contributed by atoms with E-state index < -0.39 is 48.2 Å². The lowest BCUT2D eigenvalue weighted by molar-refractivity contribution is -0.137. The predicted octanol–water partition coefficient (Wildman–Crippen LogP) is 3.59. The van der Waals surface area contributed by atoms with E-state index >= 15 is 4.39 Å². The number of alkyl halides is 1. The molecule has 1 saturated heterocycles. The number of amides is 4. The SMILES string of the molecule is CNC(=O)c1cc2c(s1)c(C(N)=O)nn2CC(=O)N1C[C@H](F)C[C@H]1C(=O)Nc1cccc(-c2ccccc2Cl)c1F. The number of nitrogens with zero attached hydrogens (tertiary/aromatic N) is 3. The van der Waals surface area contributed by atoms with Gasteiger partial charge >= 0.3 is 0 Å². The van der Waals surface area contributed by atoms with Crippen molar-refractivity contribution in [3.8, 4) is 11.1 Å².